The van der Waals surface area contributed by atoms with Crippen molar-refractivity contribution in [2.75, 3.05) is 0 Å². The summed E-state index contributed by atoms with van der Waals surface area (Å²) in [5.74, 6) is -0.213. The Morgan fingerprint density at radius 2 is 1.71 bits per heavy atom. The van der Waals surface area contributed by atoms with Crippen molar-refractivity contribution < 1.29 is 13.2 Å². The molecule has 1 amide bonds. The van der Waals surface area contributed by atoms with Gasteiger partial charge in [0.1, 0.15) is 4.21 Å². The van der Waals surface area contributed by atoms with Gasteiger partial charge in [-0.1, -0.05) is 18.2 Å². The van der Waals surface area contributed by atoms with E-state index in [0.29, 0.717) is 4.88 Å². The summed E-state index contributed by atoms with van der Waals surface area (Å²) < 4.78 is 25.3. The van der Waals surface area contributed by atoms with E-state index >= 15 is 0 Å². The van der Waals surface area contributed by atoms with E-state index in [2.05, 4.69) is 5.32 Å². The number of benzene rings is 1. The Bertz CT molecular complexity index is 807. The van der Waals surface area contributed by atoms with Gasteiger partial charge in [0.05, 0.1) is 9.77 Å². The number of nitrogens with one attached hydrogen (secondary N) is 1. The zero-order valence-corrected chi connectivity index (χ0v) is 14.8. The van der Waals surface area contributed by atoms with Gasteiger partial charge in [0.15, 0.2) is 0 Å². The average molecular weight is 364 g/mol. The summed E-state index contributed by atoms with van der Waals surface area (Å²) in [6, 6.07) is 11.7. The molecule has 128 valence electrons. The average Bonchev–Trinajstić information content (AvgIpc) is 3.09. The van der Waals surface area contributed by atoms with Gasteiger partial charge in [-0.05, 0) is 49.9 Å². The third-order valence-corrected chi connectivity index (χ3v) is 7.58. The molecular weight excluding hydrogens is 344 g/mol. The second-order valence-electron chi connectivity index (χ2n) is 6.02. The van der Waals surface area contributed by atoms with Gasteiger partial charge in [-0.2, -0.15) is 0 Å². The number of nitrogens with two attached hydrogens (primary N) is 1. The first-order valence-electron chi connectivity index (χ1n) is 7.93. The number of sulfone groups is 1. The molecule has 1 fully saturated rings. The maximum absolute atomic E-state index is 12.6. The molecule has 3 N–H and O–H groups in total. The lowest BCUT2D eigenvalue weighted by atomic mass is 9.92. The molecule has 7 heteroatoms. The van der Waals surface area contributed by atoms with Crippen LogP contribution in [-0.4, -0.2) is 26.4 Å². The molecule has 1 aromatic heterocycles. The zero-order valence-electron chi connectivity index (χ0n) is 13.1. The Balaban J connectivity index is 1.72. The van der Waals surface area contributed by atoms with Crippen molar-refractivity contribution in [3.8, 4) is 0 Å². The fourth-order valence-corrected chi connectivity index (χ4v) is 5.45. The fourth-order valence-electron chi connectivity index (χ4n) is 2.82. The van der Waals surface area contributed by atoms with Gasteiger partial charge < -0.3 is 11.1 Å². The SMILES string of the molecule is NC1CCC(NC(=O)c2ccc(S(=O)(=O)c3ccccc3)s2)CC1. The number of thiophene rings is 1. The van der Waals surface area contributed by atoms with Crippen LogP contribution < -0.4 is 11.1 Å². The van der Waals surface area contributed by atoms with Gasteiger partial charge in [0.25, 0.3) is 5.91 Å². The number of carbonyl (C=O) groups is 1. The van der Waals surface area contributed by atoms with E-state index in [0.717, 1.165) is 37.0 Å². The highest BCUT2D eigenvalue weighted by Crippen LogP contribution is 2.28. The van der Waals surface area contributed by atoms with Crippen molar-refractivity contribution >= 4 is 27.1 Å². The third-order valence-electron chi connectivity index (χ3n) is 4.23. The molecule has 1 aromatic carbocycles. The number of hydrogen-bond donors (Lipinski definition) is 2. The Kier molecular flexibility index (Phi) is 5.03. The largest absolute Gasteiger partial charge is 0.349 e. The second-order valence-corrected chi connectivity index (χ2v) is 9.28. The first-order chi connectivity index (χ1) is 11.5. The molecule has 24 heavy (non-hydrogen) atoms. The Morgan fingerprint density at radius 3 is 2.38 bits per heavy atom. The van der Waals surface area contributed by atoms with E-state index in [9.17, 15) is 13.2 Å². The quantitative estimate of drug-likeness (QED) is 0.873. The van der Waals surface area contributed by atoms with Crippen molar-refractivity contribution in [1.82, 2.24) is 5.32 Å². The number of carbonyl (C=O) groups excluding carboxylic acids is 1. The molecule has 2 aromatic rings. The van der Waals surface area contributed by atoms with E-state index in [1.807, 2.05) is 0 Å². The molecule has 3 rings (SSSR count). The summed E-state index contributed by atoms with van der Waals surface area (Å²) >= 11 is 1.01. The third kappa shape index (κ3) is 3.68. The molecule has 0 spiro atoms. The smallest absolute Gasteiger partial charge is 0.261 e. The van der Waals surface area contributed by atoms with E-state index in [1.165, 1.54) is 6.07 Å². The predicted octanol–water partition coefficient (Wildman–Crippen LogP) is 2.58. The van der Waals surface area contributed by atoms with Crippen LogP contribution in [0.25, 0.3) is 0 Å². The van der Waals surface area contributed by atoms with Crippen molar-refractivity contribution in [2.24, 2.45) is 5.73 Å². The summed E-state index contributed by atoms with van der Waals surface area (Å²) in [5, 5.41) is 2.98. The van der Waals surface area contributed by atoms with Gasteiger partial charge >= 0.3 is 0 Å². The van der Waals surface area contributed by atoms with Gasteiger partial charge in [-0.25, -0.2) is 8.42 Å². The number of amides is 1. The van der Waals surface area contributed by atoms with Crippen molar-refractivity contribution in [2.45, 2.75) is 46.9 Å². The van der Waals surface area contributed by atoms with Crippen molar-refractivity contribution in [1.29, 1.82) is 0 Å². The molecular formula is C17H20N2O3S2. The maximum atomic E-state index is 12.6. The zero-order chi connectivity index (χ0) is 17.2. The predicted molar refractivity (Wildman–Crippen MR) is 93.9 cm³/mol. The minimum Gasteiger partial charge on any atom is -0.349 e. The molecule has 1 saturated carbocycles. The van der Waals surface area contributed by atoms with Crippen LogP contribution in [0.15, 0.2) is 51.6 Å². The van der Waals surface area contributed by atoms with Crippen LogP contribution in [0.5, 0.6) is 0 Å². The second kappa shape index (κ2) is 7.04. The summed E-state index contributed by atoms with van der Waals surface area (Å²) in [4.78, 5) is 13.0. The minimum absolute atomic E-state index is 0.119. The lowest BCUT2D eigenvalue weighted by Crippen LogP contribution is -2.40. The van der Waals surface area contributed by atoms with Crippen LogP contribution in [0.3, 0.4) is 0 Å². The molecule has 0 aliphatic heterocycles. The minimum atomic E-state index is -3.57. The Labute approximate surface area is 145 Å². The van der Waals surface area contributed by atoms with Crippen LogP contribution in [0.2, 0.25) is 0 Å². The lowest BCUT2D eigenvalue weighted by Gasteiger charge is -2.26. The highest BCUT2D eigenvalue weighted by atomic mass is 32.2. The van der Waals surface area contributed by atoms with Crippen molar-refractivity contribution in [3.05, 3.63) is 47.3 Å². The van der Waals surface area contributed by atoms with Crippen LogP contribution >= 0.6 is 11.3 Å². The van der Waals surface area contributed by atoms with Crippen molar-refractivity contribution in [3.63, 3.8) is 0 Å². The summed E-state index contributed by atoms with van der Waals surface area (Å²) in [6.07, 6.45) is 3.55. The van der Waals surface area contributed by atoms with E-state index in [-0.39, 0.29) is 27.1 Å². The lowest BCUT2D eigenvalue weighted by molar-refractivity contribution is 0.0930. The molecule has 5 nitrogen and oxygen atoms in total. The van der Waals surface area contributed by atoms with Gasteiger partial charge in [-0.15, -0.1) is 11.3 Å². The molecule has 0 unspecified atom stereocenters. The molecule has 0 bridgehead atoms. The first-order valence-corrected chi connectivity index (χ1v) is 10.2. The highest BCUT2D eigenvalue weighted by molar-refractivity contribution is 7.93. The number of hydrogen-bond acceptors (Lipinski definition) is 5. The first kappa shape index (κ1) is 17.1. The standard InChI is InChI=1S/C17H20N2O3S2/c18-12-6-8-13(9-7-12)19-17(20)15-10-11-16(23-15)24(21,22)14-4-2-1-3-5-14/h1-5,10-13H,6-9,18H2,(H,19,20). The topological polar surface area (TPSA) is 89.3 Å². The van der Waals surface area contributed by atoms with E-state index in [1.54, 1.807) is 36.4 Å². The normalized spacial score (nSPS) is 21.4. The van der Waals surface area contributed by atoms with E-state index < -0.39 is 9.84 Å². The fraction of sp³-hybridized carbons (Fsp3) is 0.353. The van der Waals surface area contributed by atoms with Crippen LogP contribution in [0.1, 0.15) is 35.4 Å². The molecule has 1 aliphatic carbocycles. The summed E-state index contributed by atoms with van der Waals surface area (Å²) in [5.41, 5.74) is 5.87. The van der Waals surface area contributed by atoms with Gasteiger partial charge in [0.2, 0.25) is 9.84 Å². The molecule has 1 aliphatic rings. The Morgan fingerprint density at radius 1 is 1.04 bits per heavy atom. The van der Waals surface area contributed by atoms with Crippen LogP contribution in [-0.2, 0) is 9.84 Å². The summed E-state index contributed by atoms with van der Waals surface area (Å²) in [6.45, 7) is 0. The Hall–Kier alpha value is -1.70. The van der Waals surface area contributed by atoms with Crippen LogP contribution in [0.4, 0.5) is 0 Å². The van der Waals surface area contributed by atoms with E-state index in [4.69, 9.17) is 5.73 Å². The van der Waals surface area contributed by atoms with Gasteiger partial charge in [-0.3, -0.25) is 4.79 Å². The van der Waals surface area contributed by atoms with Crippen LogP contribution in [0, 0.1) is 0 Å². The monoisotopic (exact) mass is 364 g/mol. The summed E-state index contributed by atoms with van der Waals surface area (Å²) in [7, 11) is -3.57. The highest BCUT2D eigenvalue weighted by Gasteiger charge is 2.24. The molecule has 0 atom stereocenters. The molecule has 1 heterocycles. The maximum Gasteiger partial charge on any atom is 0.261 e. The molecule has 0 saturated heterocycles. The van der Waals surface area contributed by atoms with Gasteiger partial charge in [0, 0.05) is 12.1 Å². The molecule has 0 radical (unpaired) electrons. The number of rotatable bonds is 4.